The fraction of sp³-hybridized carbons (Fsp3) is 0.217. The van der Waals surface area contributed by atoms with Crippen molar-refractivity contribution in [3.05, 3.63) is 126 Å². The first kappa shape index (κ1) is 28.9. The Balaban J connectivity index is 1.48. The van der Waals surface area contributed by atoms with Gasteiger partial charge < -0.3 is 9.13 Å². The van der Waals surface area contributed by atoms with Gasteiger partial charge in [0.25, 0.3) is 6.71 Å². The molecule has 4 heterocycles. The third-order valence-corrected chi connectivity index (χ3v) is 11.8. The average Bonchev–Trinajstić information content (AvgIpc) is 3.55. The molecule has 49 heavy (non-hydrogen) atoms. The van der Waals surface area contributed by atoms with Gasteiger partial charge in [0.1, 0.15) is 0 Å². The van der Waals surface area contributed by atoms with Crippen LogP contribution in [0.15, 0.2) is 103 Å². The molecule has 2 aliphatic heterocycles. The first-order valence-corrected chi connectivity index (χ1v) is 17.8. The van der Waals surface area contributed by atoms with E-state index in [9.17, 15) is 0 Å². The lowest BCUT2D eigenvalue weighted by molar-refractivity contribution is 0.590. The summed E-state index contributed by atoms with van der Waals surface area (Å²) >= 11 is 0. The molecular formula is C46H41BN2. The SMILES string of the molecule is Cc1c(C)n2c3c(c4ccccc4cc13)B1c3c-2cc(-c2ccccc2)cc3-n2c3ccc(C(C)(C)C)cc3c3cc(C(C)(C)C)cc1c32. The zero-order valence-corrected chi connectivity index (χ0v) is 29.8. The summed E-state index contributed by atoms with van der Waals surface area (Å²) in [5.74, 6) is 0. The van der Waals surface area contributed by atoms with E-state index in [1.807, 2.05) is 0 Å². The molecule has 3 heteroatoms. The van der Waals surface area contributed by atoms with Crippen molar-refractivity contribution in [2.45, 2.75) is 66.2 Å². The monoisotopic (exact) mass is 632 g/mol. The highest BCUT2D eigenvalue weighted by Gasteiger charge is 2.43. The van der Waals surface area contributed by atoms with Crippen LogP contribution in [-0.2, 0) is 10.8 Å². The summed E-state index contributed by atoms with van der Waals surface area (Å²) in [6.07, 6.45) is 0. The van der Waals surface area contributed by atoms with Gasteiger partial charge in [0.15, 0.2) is 0 Å². The van der Waals surface area contributed by atoms with Crippen LogP contribution in [0, 0.1) is 13.8 Å². The van der Waals surface area contributed by atoms with Gasteiger partial charge in [-0.05, 0) is 116 Å². The number of hydrogen-bond donors (Lipinski definition) is 0. The topological polar surface area (TPSA) is 9.86 Å². The molecule has 0 N–H and O–H groups in total. The zero-order valence-electron chi connectivity index (χ0n) is 29.8. The molecule has 8 aromatic rings. The fourth-order valence-corrected chi connectivity index (χ4v) is 9.11. The summed E-state index contributed by atoms with van der Waals surface area (Å²) in [6.45, 7) is 18.8. The molecular weight excluding hydrogens is 591 g/mol. The summed E-state index contributed by atoms with van der Waals surface area (Å²) in [5, 5.41) is 6.76. The molecule has 2 aliphatic rings. The molecule has 0 amide bonds. The molecule has 0 bridgehead atoms. The van der Waals surface area contributed by atoms with Gasteiger partial charge in [-0.25, -0.2) is 0 Å². The predicted octanol–water partition coefficient (Wildman–Crippen LogP) is 9.90. The maximum Gasteiger partial charge on any atom is 0.253 e. The predicted molar refractivity (Wildman–Crippen MR) is 212 cm³/mol. The highest BCUT2D eigenvalue weighted by atomic mass is 15.0. The van der Waals surface area contributed by atoms with E-state index in [1.54, 1.807) is 0 Å². The molecule has 0 saturated carbocycles. The molecule has 6 aromatic carbocycles. The first-order valence-electron chi connectivity index (χ1n) is 17.8. The summed E-state index contributed by atoms with van der Waals surface area (Å²) in [5.41, 5.74) is 18.9. The lowest BCUT2D eigenvalue weighted by Crippen LogP contribution is -2.60. The van der Waals surface area contributed by atoms with Crippen LogP contribution in [0.5, 0.6) is 0 Å². The molecule has 238 valence electrons. The second-order valence-corrected chi connectivity index (χ2v) is 16.7. The van der Waals surface area contributed by atoms with Crippen LogP contribution < -0.4 is 16.4 Å². The minimum absolute atomic E-state index is 0.00282. The molecule has 0 fully saturated rings. The number of benzene rings is 6. The van der Waals surface area contributed by atoms with Crippen LogP contribution >= 0.6 is 0 Å². The van der Waals surface area contributed by atoms with Gasteiger partial charge in [0.05, 0.1) is 5.52 Å². The van der Waals surface area contributed by atoms with Crippen molar-refractivity contribution in [3.8, 4) is 22.5 Å². The van der Waals surface area contributed by atoms with Crippen molar-refractivity contribution in [1.82, 2.24) is 9.13 Å². The molecule has 0 spiro atoms. The maximum atomic E-state index is 2.62. The molecule has 2 nitrogen and oxygen atoms in total. The smallest absolute Gasteiger partial charge is 0.253 e. The largest absolute Gasteiger partial charge is 0.315 e. The number of hydrogen-bond acceptors (Lipinski definition) is 0. The van der Waals surface area contributed by atoms with E-state index in [1.165, 1.54) is 105 Å². The van der Waals surface area contributed by atoms with E-state index in [-0.39, 0.29) is 17.5 Å². The third kappa shape index (κ3) is 3.74. The normalized spacial score (nSPS) is 13.7. The molecule has 2 aromatic heterocycles. The van der Waals surface area contributed by atoms with E-state index in [0.717, 1.165) is 0 Å². The quantitative estimate of drug-likeness (QED) is 0.160. The molecule has 10 rings (SSSR count). The number of aromatic nitrogens is 2. The van der Waals surface area contributed by atoms with Crippen LogP contribution in [0.3, 0.4) is 0 Å². The number of aryl methyl sites for hydroxylation is 1. The lowest BCUT2D eigenvalue weighted by atomic mass is 9.33. The molecule has 0 saturated heterocycles. The van der Waals surface area contributed by atoms with Gasteiger partial charge >= 0.3 is 0 Å². The summed E-state index contributed by atoms with van der Waals surface area (Å²) in [7, 11) is 0. The number of rotatable bonds is 1. The minimum Gasteiger partial charge on any atom is -0.315 e. The van der Waals surface area contributed by atoms with E-state index in [2.05, 4.69) is 168 Å². The van der Waals surface area contributed by atoms with Gasteiger partial charge in [0.2, 0.25) is 0 Å². The zero-order chi connectivity index (χ0) is 33.7. The van der Waals surface area contributed by atoms with Crippen LogP contribution in [0.1, 0.15) is 63.9 Å². The van der Waals surface area contributed by atoms with E-state index in [0.29, 0.717) is 0 Å². The summed E-state index contributed by atoms with van der Waals surface area (Å²) in [6, 6.07) is 39.8. The highest BCUT2D eigenvalue weighted by Crippen LogP contribution is 2.43. The Morgan fingerprint density at radius 1 is 0.510 bits per heavy atom. The molecule has 0 unspecified atom stereocenters. The van der Waals surface area contributed by atoms with Crippen LogP contribution in [0.25, 0.3) is 66.0 Å². The van der Waals surface area contributed by atoms with E-state index in [4.69, 9.17) is 0 Å². The Kier molecular flexibility index (Phi) is 5.53. The van der Waals surface area contributed by atoms with Gasteiger partial charge in [-0.2, -0.15) is 0 Å². The Bertz CT molecular complexity index is 2740. The van der Waals surface area contributed by atoms with Gasteiger partial charge in [0, 0.05) is 44.3 Å². The Morgan fingerprint density at radius 2 is 1.18 bits per heavy atom. The van der Waals surface area contributed by atoms with Gasteiger partial charge in [-0.15, -0.1) is 0 Å². The third-order valence-electron chi connectivity index (χ3n) is 11.8. The lowest BCUT2D eigenvalue weighted by Gasteiger charge is -2.36. The molecule has 0 radical (unpaired) electrons. The summed E-state index contributed by atoms with van der Waals surface area (Å²) < 4.78 is 5.23. The summed E-state index contributed by atoms with van der Waals surface area (Å²) in [4.78, 5) is 0. The van der Waals surface area contributed by atoms with Crippen molar-refractivity contribution < 1.29 is 0 Å². The van der Waals surface area contributed by atoms with Crippen LogP contribution in [0.4, 0.5) is 0 Å². The van der Waals surface area contributed by atoms with E-state index >= 15 is 0 Å². The van der Waals surface area contributed by atoms with Crippen LogP contribution in [0.2, 0.25) is 0 Å². The Hall–Kier alpha value is -5.02. The van der Waals surface area contributed by atoms with Crippen molar-refractivity contribution in [1.29, 1.82) is 0 Å². The number of nitrogens with zero attached hydrogens (tertiary/aromatic N) is 2. The second kappa shape index (κ2) is 9.36. The van der Waals surface area contributed by atoms with Crippen molar-refractivity contribution in [3.63, 3.8) is 0 Å². The maximum absolute atomic E-state index is 2.62. The van der Waals surface area contributed by atoms with Crippen LogP contribution in [-0.4, -0.2) is 15.8 Å². The Labute approximate surface area is 289 Å². The molecule has 0 atom stereocenters. The van der Waals surface area contributed by atoms with Crippen molar-refractivity contribution >= 4 is 66.6 Å². The van der Waals surface area contributed by atoms with Gasteiger partial charge in [-0.3, -0.25) is 0 Å². The van der Waals surface area contributed by atoms with E-state index < -0.39 is 0 Å². The highest BCUT2D eigenvalue weighted by molar-refractivity contribution is 7.01. The number of fused-ring (bicyclic) bond motifs is 9. The standard InChI is InChI=1S/C46H41BN2/c1-26-27(2)48-39-21-30(28-14-10-9-11-15-28)22-40-42(39)47(41-33-17-13-12-16-29(33)20-34(26)44(41)48)37-25-32(46(6,7)8)24-36-35-23-31(45(3,4)5)18-19-38(35)49(40)43(36)37/h9-25H,1-8H3. The first-order chi connectivity index (χ1) is 23.4. The van der Waals surface area contributed by atoms with Gasteiger partial charge in [-0.1, -0.05) is 108 Å². The fourth-order valence-electron chi connectivity index (χ4n) is 9.11. The molecule has 0 aliphatic carbocycles. The minimum atomic E-state index is -0.00282. The average molecular weight is 633 g/mol. The Morgan fingerprint density at radius 3 is 1.92 bits per heavy atom. The van der Waals surface area contributed by atoms with Crippen molar-refractivity contribution in [2.24, 2.45) is 0 Å². The van der Waals surface area contributed by atoms with Crippen molar-refractivity contribution in [2.75, 3.05) is 0 Å². The second-order valence-electron chi connectivity index (χ2n) is 16.7.